The quantitative estimate of drug-likeness (QED) is 0.749. The summed E-state index contributed by atoms with van der Waals surface area (Å²) in [6.07, 6.45) is 1.43. The third kappa shape index (κ3) is 2.84. The monoisotopic (exact) mass is 395 g/mol. The number of aromatic nitrogens is 2. The maximum atomic E-state index is 12.3. The third-order valence-electron chi connectivity index (χ3n) is 3.85. The Hall–Kier alpha value is -1.37. The molecule has 0 radical (unpaired) electrons. The molecule has 5 heteroatoms. The Kier molecular flexibility index (Phi) is 4.01. The molecule has 0 saturated heterocycles. The van der Waals surface area contributed by atoms with E-state index in [1.807, 2.05) is 16.5 Å². The number of hydrogen-bond donors (Lipinski definition) is 0. The lowest BCUT2D eigenvalue weighted by atomic mass is 10.0. The van der Waals surface area contributed by atoms with Crippen LogP contribution >= 0.6 is 22.6 Å². The lowest BCUT2D eigenvalue weighted by Gasteiger charge is -2.29. The standard InChI is InChI=1S/C16H18IN3O/c1-3-20-14(8-11(2)18-20)10-19-15-6-5-13(17)9-12(15)4-7-16(19)21/h5-6,8-9H,3-4,7,10H2,1-2H3. The summed E-state index contributed by atoms with van der Waals surface area (Å²) >= 11 is 2.32. The van der Waals surface area contributed by atoms with Crippen molar-refractivity contribution in [1.82, 2.24) is 9.78 Å². The molecule has 0 aliphatic carbocycles. The maximum Gasteiger partial charge on any atom is 0.227 e. The molecule has 1 aromatic carbocycles. The highest BCUT2D eigenvalue weighted by molar-refractivity contribution is 14.1. The van der Waals surface area contributed by atoms with Crippen LogP contribution in [-0.4, -0.2) is 15.7 Å². The highest BCUT2D eigenvalue weighted by Gasteiger charge is 2.25. The van der Waals surface area contributed by atoms with E-state index in [1.54, 1.807) is 0 Å². The summed E-state index contributed by atoms with van der Waals surface area (Å²) in [5, 5.41) is 4.47. The number of fused-ring (bicyclic) bond motifs is 1. The number of carbonyl (C=O) groups excluding carboxylic acids is 1. The highest BCUT2D eigenvalue weighted by Crippen LogP contribution is 2.30. The molecule has 0 bridgehead atoms. The summed E-state index contributed by atoms with van der Waals surface area (Å²) in [5.74, 6) is 0.199. The van der Waals surface area contributed by atoms with Crippen LogP contribution in [0, 0.1) is 10.5 Å². The van der Waals surface area contributed by atoms with Crippen molar-refractivity contribution in [2.75, 3.05) is 4.90 Å². The van der Waals surface area contributed by atoms with E-state index >= 15 is 0 Å². The van der Waals surface area contributed by atoms with E-state index in [2.05, 4.69) is 58.9 Å². The van der Waals surface area contributed by atoms with Gasteiger partial charge in [0.15, 0.2) is 0 Å². The first-order chi connectivity index (χ1) is 10.1. The van der Waals surface area contributed by atoms with Crippen LogP contribution in [0.5, 0.6) is 0 Å². The van der Waals surface area contributed by atoms with Gasteiger partial charge in [-0.15, -0.1) is 0 Å². The largest absolute Gasteiger partial charge is 0.306 e. The minimum absolute atomic E-state index is 0.199. The maximum absolute atomic E-state index is 12.3. The lowest BCUT2D eigenvalue weighted by Crippen LogP contribution is -2.35. The van der Waals surface area contributed by atoms with Gasteiger partial charge in [0.2, 0.25) is 5.91 Å². The molecule has 0 unspecified atom stereocenters. The van der Waals surface area contributed by atoms with Crippen molar-refractivity contribution in [3.63, 3.8) is 0 Å². The zero-order chi connectivity index (χ0) is 15.0. The first-order valence-electron chi connectivity index (χ1n) is 7.20. The molecular formula is C16H18IN3O. The minimum Gasteiger partial charge on any atom is -0.306 e. The Morgan fingerprint density at radius 1 is 1.29 bits per heavy atom. The molecule has 21 heavy (non-hydrogen) atoms. The first kappa shape index (κ1) is 14.6. The van der Waals surface area contributed by atoms with Crippen LogP contribution in [-0.2, 0) is 24.3 Å². The highest BCUT2D eigenvalue weighted by atomic mass is 127. The molecule has 0 saturated carbocycles. The second kappa shape index (κ2) is 5.79. The number of benzene rings is 1. The smallest absolute Gasteiger partial charge is 0.227 e. The van der Waals surface area contributed by atoms with Crippen LogP contribution in [0.15, 0.2) is 24.3 Å². The summed E-state index contributed by atoms with van der Waals surface area (Å²) in [7, 11) is 0. The summed E-state index contributed by atoms with van der Waals surface area (Å²) in [5.41, 5.74) is 4.41. The van der Waals surface area contributed by atoms with E-state index < -0.39 is 0 Å². The Morgan fingerprint density at radius 3 is 2.86 bits per heavy atom. The fourth-order valence-corrected chi connectivity index (χ4v) is 3.42. The Bertz CT molecular complexity index is 693. The van der Waals surface area contributed by atoms with Gasteiger partial charge in [-0.2, -0.15) is 5.10 Å². The van der Waals surface area contributed by atoms with Gasteiger partial charge in [0.1, 0.15) is 0 Å². The van der Waals surface area contributed by atoms with Crippen LogP contribution in [0.2, 0.25) is 0 Å². The van der Waals surface area contributed by atoms with Gasteiger partial charge in [0.05, 0.1) is 17.9 Å². The molecule has 0 atom stereocenters. The van der Waals surface area contributed by atoms with Gasteiger partial charge in [0, 0.05) is 22.2 Å². The lowest BCUT2D eigenvalue weighted by molar-refractivity contribution is -0.119. The predicted octanol–water partition coefficient (Wildman–Crippen LogP) is 3.30. The van der Waals surface area contributed by atoms with E-state index in [-0.39, 0.29) is 5.91 Å². The number of rotatable bonds is 3. The normalized spacial score (nSPS) is 14.4. The molecule has 1 amide bonds. The molecule has 1 aromatic heterocycles. The molecule has 1 aliphatic rings. The van der Waals surface area contributed by atoms with Crippen molar-refractivity contribution in [3.8, 4) is 0 Å². The average Bonchev–Trinajstić information content (AvgIpc) is 2.82. The number of amides is 1. The molecule has 2 aromatic rings. The van der Waals surface area contributed by atoms with Gasteiger partial charge in [-0.1, -0.05) is 0 Å². The Balaban J connectivity index is 1.96. The van der Waals surface area contributed by atoms with Gasteiger partial charge in [0.25, 0.3) is 0 Å². The topological polar surface area (TPSA) is 38.1 Å². The molecule has 2 heterocycles. The van der Waals surface area contributed by atoms with E-state index in [4.69, 9.17) is 0 Å². The van der Waals surface area contributed by atoms with E-state index in [0.717, 1.165) is 30.0 Å². The summed E-state index contributed by atoms with van der Waals surface area (Å²) in [6.45, 7) is 5.49. The molecule has 0 fully saturated rings. The molecule has 1 aliphatic heterocycles. The Morgan fingerprint density at radius 2 is 2.10 bits per heavy atom. The van der Waals surface area contributed by atoms with E-state index in [9.17, 15) is 4.79 Å². The molecular weight excluding hydrogens is 377 g/mol. The van der Waals surface area contributed by atoms with Crippen molar-refractivity contribution < 1.29 is 4.79 Å². The van der Waals surface area contributed by atoms with Crippen molar-refractivity contribution in [1.29, 1.82) is 0 Å². The minimum atomic E-state index is 0.199. The number of carbonyl (C=O) groups is 1. The molecule has 0 spiro atoms. The van der Waals surface area contributed by atoms with Crippen molar-refractivity contribution >= 4 is 34.2 Å². The summed E-state index contributed by atoms with van der Waals surface area (Å²) in [6, 6.07) is 8.37. The van der Waals surface area contributed by atoms with Crippen LogP contribution < -0.4 is 4.90 Å². The Labute approximate surface area is 138 Å². The fraction of sp³-hybridized carbons (Fsp3) is 0.375. The van der Waals surface area contributed by atoms with Crippen molar-refractivity contribution in [3.05, 3.63) is 44.8 Å². The molecule has 4 nitrogen and oxygen atoms in total. The summed E-state index contributed by atoms with van der Waals surface area (Å²) < 4.78 is 3.19. The van der Waals surface area contributed by atoms with Gasteiger partial charge >= 0.3 is 0 Å². The number of hydrogen-bond acceptors (Lipinski definition) is 2. The predicted molar refractivity (Wildman–Crippen MR) is 91.3 cm³/mol. The van der Waals surface area contributed by atoms with Crippen LogP contribution in [0.4, 0.5) is 5.69 Å². The third-order valence-corrected chi connectivity index (χ3v) is 4.52. The number of halogens is 1. The van der Waals surface area contributed by atoms with Gasteiger partial charge in [-0.3, -0.25) is 9.48 Å². The average molecular weight is 395 g/mol. The molecule has 3 rings (SSSR count). The van der Waals surface area contributed by atoms with Gasteiger partial charge in [-0.25, -0.2) is 0 Å². The summed E-state index contributed by atoms with van der Waals surface area (Å²) in [4.78, 5) is 14.2. The van der Waals surface area contributed by atoms with E-state index in [0.29, 0.717) is 13.0 Å². The molecule has 110 valence electrons. The van der Waals surface area contributed by atoms with Crippen molar-refractivity contribution in [2.24, 2.45) is 0 Å². The van der Waals surface area contributed by atoms with Crippen LogP contribution in [0.25, 0.3) is 0 Å². The SMILES string of the molecule is CCn1nc(C)cc1CN1C(=O)CCc2cc(I)ccc21. The second-order valence-electron chi connectivity index (χ2n) is 5.35. The van der Waals surface area contributed by atoms with Crippen LogP contribution in [0.1, 0.15) is 30.3 Å². The van der Waals surface area contributed by atoms with Gasteiger partial charge in [-0.05, 0) is 72.7 Å². The number of nitrogens with zero attached hydrogens (tertiary/aromatic N) is 3. The van der Waals surface area contributed by atoms with Gasteiger partial charge < -0.3 is 4.90 Å². The fourth-order valence-electron chi connectivity index (χ4n) is 2.86. The number of anilines is 1. The zero-order valence-corrected chi connectivity index (χ0v) is 14.4. The van der Waals surface area contributed by atoms with Crippen LogP contribution in [0.3, 0.4) is 0 Å². The zero-order valence-electron chi connectivity index (χ0n) is 12.3. The first-order valence-corrected chi connectivity index (χ1v) is 8.28. The molecule has 0 N–H and O–H groups in total. The van der Waals surface area contributed by atoms with Crippen molar-refractivity contribution in [2.45, 2.75) is 39.8 Å². The number of aryl methyl sites for hydroxylation is 3. The van der Waals surface area contributed by atoms with E-state index in [1.165, 1.54) is 9.13 Å². The second-order valence-corrected chi connectivity index (χ2v) is 6.59.